The van der Waals surface area contributed by atoms with Crippen LogP contribution in [-0.4, -0.2) is 49.6 Å². The molecule has 1 saturated heterocycles. The highest BCUT2D eigenvalue weighted by atomic mass is 16.2. The van der Waals surface area contributed by atoms with Crippen LogP contribution in [0.4, 0.5) is 0 Å². The minimum Gasteiger partial charge on any atom is -0.355 e. The van der Waals surface area contributed by atoms with Crippen LogP contribution in [0.15, 0.2) is 0 Å². The molecule has 0 bridgehead atoms. The Morgan fingerprint density at radius 1 is 1.47 bits per heavy atom. The van der Waals surface area contributed by atoms with Crippen LogP contribution in [0.5, 0.6) is 0 Å². The SMILES string of the molecule is CC(C)CNC(=O)CN(C)C1CCC(C)NC1. The molecule has 1 aliphatic heterocycles. The van der Waals surface area contributed by atoms with Crippen molar-refractivity contribution < 1.29 is 4.79 Å². The van der Waals surface area contributed by atoms with Crippen molar-refractivity contribution in [3.05, 3.63) is 0 Å². The minimum absolute atomic E-state index is 0.139. The number of piperidine rings is 1. The molecule has 0 spiro atoms. The van der Waals surface area contributed by atoms with Crippen molar-refractivity contribution in [2.75, 3.05) is 26.7 Å². The summed E-state index contributed by atoms with van der Waals surface area (Å²) in [5, 5.41) is 6.42. The van der Waals surface area contributed by atoms with E-state index in [2.05, 4.69) is 36.3 Å². The highest BCUT2D eigenvalue weighted by Crippen LogP contribution is 2.12. The fourth-order valence-corrected chi connectivity index (χ4v) is 2.09. The van der Waals surface area contributed by atoms with Gasteiger partial charge in [-0.05, 0) is 32.7 Å². The maximum Gasteiger partial charge on any atom is 0.234 e. The summed E-state index contributed by atoms with van der Waals surface area (Å²) < 4.78 is 0. The summed E-state index contributed by atoms with van der Waals surface area (Å²) in [6.07, 6.45) is 2.38. The molecule has 17 heavy (non-hydrogen) atoms. The Kier molecular flexibility index (Phi) is 5.92. The smallest absolute Gasteiger partial charge is 0.234 e. The second kappa shape index (κ2) is 6.97. The molecule has 0 radical (unpaired) electrons. The molecule has 1 rings (SSSR count). The van der Waals surface area contributed by atoms with Gasteiger partial charge in [-0.25, -0.2) is 0 Å². The fraction of sp³-hybridized carbons (Fsp3) is 0.923. The summed E-state index contributed by atoms with van der Waals surface area (Å²) in [7, 11) is 2.04. The van der Waals surface area contributed by atoms with Crippen LogP contribution in [-0.2, 0) is 4.79 Å². The topological polar surface area (TPSA) is 44.4 Å². The number of nitrogens with one attached hydrogen (secondary N) is 2. The molecule has 2 unspecified atom stereocenters. The number of nitrogens with zero attached hydrogens (tertiary/aromatic N) is 1. The lowest BCUT2D eigenvalue weighted by molar-refractivity contribution is -0.122. The first-order valence-corrected chi connectivity index (χ1v) is 6.69. The lowest BCUT2D eigenvalue weighted by atomic mass is 10.0. The van der Waals surface area contributed by atoms with Crippen molar-refractivity contribution in [1.29, 1.82) is 0 Å². The molecule has 4 heteroatoms. The van der Waals surface area contributed by atoms with Gasteiger partial charge in [0.25, 0.3) is 0 Å². The third kappa shape index (κ3) is 5.50. The van der Waals surface area contributed by atoms with E-state index in [1.165, 1.54) is 12.8 Å². The highest BCUT2D eigenvalue weighted by Gasteiger charge is 2.22. The number of hydrogen-bond donors (Lipinski definition) is 2. The van der Waals surface area contributed by atoms with Gasteiger partial charge in [0.1, 0.15) is 0 Å². The Balaban J connectivity index is 2.23. The predicted octanol–water partition coefficient (Wildman–Crippen LogP) is 0.831. The third-order valence-electron chi connectivity index (χ3n) is 3.36. The van der Waals surface area contributed by atoms with Crippen molar-refractivity contribution >= 4 is 5.91 Å². The first-order valence-electron chi connectivity index (χ1n) is 6.69. The van der Waals surface area contributed by atoms with Crippen molar-refractivity contribution in [1.82, 2.24) is 15.5 Å². The normalized spacial score (nSPS) is 25.3. The zero-order valence-corrected chi connectivity index (χ0v) is 11.6. The fourth-order valence-electron chi connectivity index (χ4n) is 2.09. The average Bonchev–Trinajstić information content (AvgIpc) is 2.27. The Hall–Kier alpha value is -0.610. The van der Waals surface area contributed by atoms with Crippen molar-refractivity contribution in [2.24, 2.45) is 5.92 Å². The lowest BCUT2D eigenvalue weighted by Crippen LogP contribution is -2.50. The molecule has 100 valence electrons. The molecule has 2 N–H and O–H groups in total. The van der Waals surface area contributed by atoms with Gasteiger partial charge in [-0.2, -0.15) is 0 Å². The average molecular weight is 241 g/mol. The zero-order chi connectivity index (χ0) is 12.8. The molecular weight excluding hydrogens is 214 g/mol. The summed E-state index contributed by atoms with van der Waals surface area (Å²) in [6, 6.07) is 1.12. The molecule has 0 aromatic rings. The largest absolute Gasteiger partial charge is 0.355 e. The molecule has 1 amide bonds. The van der Waals surface area contributed by atoms with E-state index < -0.39 is 0 Å². The molecule has 1 fully saturated rings. The van der Waals surface area contributed by atoms with Crippen LogP contribution in [0.3, 0.4) is 0 Å². The Morgan fingerprint density at radius 2 is 2.18 bits per heavy atom. The quantitative estimate of drug-likeness (QED) is 0.749. The van der Waals surface area contributed by atoms with E-state index in [0.717, 1.165) is 13.1 Å². The molecule has 2 atom stereocenters. The summed E-state index contributed by atoms with van der Waals surface area (Å²) in [5.74, 6) is 0.654. The second-order valence-electron chi connectivity index (χ2n) is 5.65. The zero-order valence-electron chi connectivity index (χ0n) is 11.6. The van der Waals surface area contributed by atoms with Crippen molar-refractivity contribution in [3.63, 3.8) is 0 Å². The Morgan fingerprint density at radius 3 is 2.71 bits per heavy atom. The molecule has 1 aliphatic rings. The number of carbonyl (C=O) groups excluding carboxylic acids is 1. The third-order valence-corrected chi connectivity index (χ3v) is 3.36. The molecule has 0 aliphatic carbocycles. The number of likely N-dealkylation sites (N-methyl/N-ethyl adjacent to an activating group) is 1. The molecule has 0 saturated carbocycles. The van der Waals surface area contributed by atoms with Gasteiger partial charge in [0.05, 0.1) is 6.54 Å². The van der Waals surface area contributed by atoms with Gasteiger partial charge in [0.15, 0.2) is 0 Å². The molecular formula is C13H27N3O. The van der Waals surface area contributed by atoms with Crippen molar-refractivity contribution in [3.8, 4) is 0 Å². The van der Waals surface area contributed by atoms with Gasteiger partial charge in [-0.3, -0.25) is 9.69 Å². The van der Waals surface area contributed by atoms with E-state index in [0.29, 0.717) is 24.5 Å². The van der Waals surface area contributed by atoms with Crippen LogP contribution >= 0.6 is 0 Å². The van der Waals surface area contributed by atoms with E-state index in [1.54, 1.807) is 0 Å². The first-order chi connectivity index (χ1) is 7.99. The van der Waals surface area contributed by atoms with Gasteiger partial charge in [0.2, 0.25) is 5.91 Å². The molecule has 1 heterocycles. The van der Waals surface area contributed by atoms with Gasteiger partial charge >= 0.3 is 0 Å². The number of carbonyl (C=O) groups is 1. The Bertz CT molecular complexity index is 235. The van der Waals surface area contributed by atoms with Crippen LogP contribution in [0.25, 0.3) is 0 Å². The van der Waals surface area contributed by atoms with E-state index in [1.807, 2.05) is 7.05 Å². The van der Waals surface area contributed by atoms with Gasteiger partial charge in [-0.15, -0.1) is 0 Å². The number of rotatable bonds is 5. The summed E-state index contributed by atoms with van der Waals surface area (Å²) in [5.41, 5.74) is 0. The van der Waals surface area contributed by atoms with E-state index in [4.69, 9.17) is 0 Å². The second-order valence-corrected chi connectivity index (χ2v) is 5.65. The van der Waals surface area contributed by atoms with Gasteiger partial charge < -0.3 is 10.6 Å². The standard InChI is InChI=1S/C13H27N3O/c1-10(2)7-15-13(17)9-16(4)12-6-5-11(3)14-8-12/h10-12,14H,5-9H2,1-4H3,(H,15,17). The van der Waals surface area contributed by atoms with E-state index >= 15 is 0 Å². The van der Waals surface area contributed by atoms with E-state index in [9.17, 15) is 4.79 Å². The maximum atomic E-state index is 11.7. The van der Waals surface area contributed by atoms with Crippen LogP contribution < -0.4 is 10.6 Å². The molecule has 4 nitrogen and oxygen atoms in total. The molecule has 0 aromatic heterocycles. The van der Waals surface area contributed by atoms with Crippen LogP contribution in [0, 0.1) is 5.92 Å². The maximum absolute atomic E-state index is 11.7. The van der Waals surface area contributed by atoms with Crippen LogP contribution in [0.1, 0.15) is 33.6 Å². The monoisotopic (exact) mass is 241 g/mol. The van der Waals surface area contributed by atoms with Gasteiger partial charge in [0, 0.05) is 25.2 Å². The summed E-state index contributed by atoms with van der Waals surface area (Å²) in [6.45, 7) is 8.70. The number of hydrogen-bond acceptors (Lipinski definition) is 3. The predicted molar refractivity (Wildman–Crippen MR) is 71.0 cm³/mol. The highest BCUT2D eigenvalue weighted by molar-refractivity contribution is 5.78. The minimum atomic E-state index is 0.139. The summed E-state index contributed by atoms with van der Waals surface area (Å²) in [4.78, 5) is 13.9. The Labute approximate surface area is 105 Å². The first kappa shape index (κ1) is 14.5. The van der Waals surface area contributed by atoms with Gasteiger partial charge in [-0.1, -0.05) is 13.8 Å². The van der Waals surface area contributed by atoms with Crippen LogP contribution in [0.2, 0.25) is 0 Å². The summed E-state index contributed by atoms with van der Waals surface area (Å²) >= 11 is 0. The van der Waals surface area contributed by atoms with E-state index in [-0.39, 0.29) is 5.91 Å². The van der Waals surface area contributed by atoms with Crippen molar-refractivity contribution in [2.45, 2.75) is 45.7 Å². The number of amides is 1. The lowest BCUT2D eigenvalue weighted by Gasteiger charge is -2.34. The molecule has 0 aromatic carbocycles.